The Hall–Kier alpha value is -2.29. The van der Waals surface area contributed by atoms with Crippen LogP contribution in [0, 0.1) is 11.3 Å². The number of ether oxygens (including phenoxy) is 1. The number of nitrogens with zero attached hydrogens (tertiary/aromatic N) is 1. The molecule has 1 fully saturated rings. The van der Waals surface area contributed by atoms with Crippen LogP contribution >= 0.6 is 11.3 Å². The summed E-state index contributed by atoms with van der Waals surface area (Å²) in [6.07, 6.45) is -1.68. The molecule has 2 aromatic rings. The summed E-state index contributed by atoms with van der Waals surface area (Å²) in [5.74, 6) is 0.0472. The molecule has 1 saturated carbocycles. The van der Waals surface area contributed by atoms with Gasteiger partial charge in [-0.05, 0) is 54.9 Å². The zero-order valence-corrected chi connectivity index (χ0v) is 17.3. The van der Waals surface area contributed by atoms with Crippen LogP contribution in [-0.2, 0) is 0 Å². The van der Waals surface area contributed by atoms with Crippen molar-refractivity contribution in [3.63, 3.8) is 0 Å². The molecule has 1 aliphatic rings. The Balaban J connectivity index is 1.58. The zero-order valence-electron chi connectivity index (χ0n) is 16.5. The molecule has 0 spiro atoms. The maximum absolute atomic E-state index is 12.6. The largest absolute Gasteiger partial charge is 0.573 e. The average molecular weight is 427 g/mol. The SMILES string of the molecule is CC1CC(NC(=O)c2csc(Nc3ccc(OC(F)(F)F)cc3)n2)CC(C)(C)C1. The molecule has 2 N–H and O–H groups in total. The first-order valence-corrected chi connectivity index (χ1v) is 10.3. The number of alkyl halides is 3. The summed E-state index contributed by atoms with van der Waals surface area (Å²) in [7, 11) is 0. The number of hydrogen-bond donors (Lipinski definition) is 2. The van der Waals surface area contributed by atoms with E-state index in [1.807, 2.05) is 0 Å². The number of nitrogens with one attached hydrogen (secondary N) is 2. The standard InChI is InChI=1S/C20H24F3N3O2S/c1-12-8-14(10-19(2,3)9-12)24-17(27)16-11-29-18(26-16)25-13-4-6-15(7-5-13)28-20(21,22)23/h4-7,11-12,14H,8-10H2,1-3H3,(H,24,27)(H,25,26). The summed E-state index contributed by atoms with van der Waals surface area (Å²) in [5, 5.41) is 8.21. The van der Waals surface area contributed by atoms with Gasteiger partial charge in [0.2, 0.25) is 0 Å². The monoisotopic (exact) mass is 427 g/mol. The maximum atomic E-state index is 12.6. The van der Waals surface area contributed by atoms with Gasteiger partial charge in [-0.25, -0.2) is 4.98 Å². The van der Waals surface area contributed by atoms with Gasteiger partial charge in [-0.3, -0.25) is 4.79 Å². The molecule has 0 bridgehead atoms. The Bertz CT molecular complexity index is 849. The lowest BCUT2D eigenvalue weighted by Crippen LogP contribution is -2.43. The first-order chi connectivity index (χ1) is 13.5. The molecule has 9 heteroatoms. The number of aromatic nitrogens is 1. The van der Waals surface area contributed by atoms with E-state index in [1.165, 1.54) is 35.6 Å². The van der Waals surface area contributed by atoms with Gasteiger partial charge in [-0.2, -0.15) is 0 Å². The van der Waals surface area contributed by atoms with E-state index in [-0.39, 0.29) is 23.1 Å². The Morgan fingerprint density at radius 2 is 1.93 bits per heavy atom. The van der Waals surface area contributed by atoms with Crippen LogP contribution in [-0.4, -0.2) is 23.3 Å². The molecule has 1 heterocycles. The second kappa shape index (κ2) is 8.22. The average Bonchev–Trinajstić information content (AvgIpc) is 3.02. The van der Waals surface area contributed by atoms with Crippen LogP contribution in [0.1, 0.15) is 50.5 Å². The predicted octanol–water partition coefficient (Wildman–Crippen LogP) is 5.73. The Morgan fingerprint density at radius 3 is 2.55 bits per heavy atom. The molecular formula is C20H24F3N3O2S. The van der Waals surface area contributed by atoms with Crippen LogP contribution in [0.2, 0.25) is 0 Å². The van der Waals surface area contributed by atoms with Crippen molar-refractivity contribution in [2.45, 2.75) is 52.4 Å². The van der Waals surface area contributed by atoms with Gasteiger partial charge in [0.1, 0.15) is 11.4 Å². The van der Waals surface area contributed by atoms with Gasteiger partial charge < -0.3 is 15.4 Å². The third kappa shape index (κ3) is 6.35. The fourth-order valence-corrected chi connectivity index (χ4v) is 4.73. The van der Waals surface area contributed by atoms with Crippen LogP contribution in [0.15, 0.2) is 29.6 Å². The van der Waals surface area contributed by atoms with Gasteiger partial charge in [0.05, 0.1) is 0 Å². The number of carbonyl (C=O) groups excluding carboxylic acids is 1. The molecule has 1 aromatic heterocycles. The Labute approximate surface area is 171 Å². The predicted molar refractivity (Wildman–Crippen MR) is 107 cm³/mol. The smallest absolute Gasteiger partial charge is 0.406 e. The lowest BCUT2D eigenvalue weighted by atomic mass is 9.70. The van der Waals surface area contributed by atoms with E-state index in [9.17, 15) is 18.0 Å². The van der Waals surface area contributed by atoms with E-state index in [2.05, 4.69) is 41.1 Å². The minimum atomic E-state index is -4.72. The quantitative estimate of drug-likeness (QED) is 0.640. The van der Waals surface area contributed by atoms with Crippen molar-refractivity contribution in [2.24, 2.45) is 11.3 Å². The van der Waals surface area contributed by atoms with Crippen molar-refractivity contribution in [2.75, 3.05) is 5.32 Å². The maximum Gasteiger partial charge on any atom is 0.573 e. The van der Waals surface area contributed by atoms with Crippen LogP contribution in [0.3, 0.4) is 0 Å². The van der Waals surface area contributed by atoms with Crippen LogP contribution in [0.5, 0.6) is 5.75 Å². The second-order valence-electron chi connectivity index (χ2n) is 8.32. The Kier molecular flexibility index (Phi) is 6.07. The van der Waals surface area contributed by atoms with Gasteiger partial charge in [-0.1, -0.05) is 20.8 Å². The summed E-state index contributed by atoms with van der Waals surface area (Å²) in [6.45, 7) is 6.64. The van der Waals surface area contributed by atoms with Crippen molar-refractivity contribution in [3.8, 4) is 5.75 Å². The van der Waals surface area contributed by atoms with E-state index >= 15 is 0 Å². The lowest BCUT2D eigenvalue weighted by molar-refractivity contribution is -0.274. The number of thiazole rings is 1. The minimum absolute atomic E-state index is 0.125. The van der Waals surface area contributed by atoms with E-state index in [0.717, 1.165) is 19.3 Å². The van der Waals surface area contributed by atoms with Gasteiger partial charge in [0.25, 0.3) is 5.91 Å². The molecule has 29 heavy (non-hydrogen) atoms. The van der Waals surface area contributed by atoms with Gasteiger partial charge in [0, 0.05) is 17.1 Å². The van der Waals surface area contributed by atoms with Gasteiger partial charge in [0.15, 0.2) is 5.13 Å². The third-order valence-electron chi connectivity index (χ3n) is 4.80. The molecule has 3 rings (SSSR count). The molecular weight excluding hydrogens is 403 g/mol. The lowest BCUT2D eigenvalue weighted by Gasteiger charge is -2.39. The molecule has 0 aliphatic heterocycles. The van der Waals surface area contributed by atoms with Gasteiger partial charge in [-0.15, -0.1) is 24.5 Å². The van der Waals surface area contributed by atoms with Crippen LogP contribution in [0.4, 0.5) is 24.0 Å². The highest BCUT2D eigenvalue weighted by atomic mass is 32.1. The Morgan fingerprint density at radius 1 is 1.24 bits per heavy atom. The first-order valence-electron chi connectivity index (χ1n) is 9.38. The highest BCUT2D eigenvalue weighted by Gasteiger charge is 2.33. The van der Waals surface area contributed by atoms with Crippen LogP contribution < -0.4 is 15.4 Å². The van der Waals surface area contributed by atoms with E-state index in [4.69, 9.17) is 0 Å². The number of hydrogen-bond acceptors (Lipinski definition) is 5. The third-order valence-corrected chi connectivity index (χ3v) is 5.56. The molecule has 0 radical (unpaired) electrons. The minimum Gasteiger partial charge on any atom is -0.406 e. The highest BCUT2D eigenvalue weighted by Crippen LogP contribution is 2.38. The van der Waals surface area contributed by atoms with E-state index in [0.29, 0.717) is 22.4 Å². The topological polar surface area (TPSA) is 63.2 Å². The normalized spacial score (nSPS) is 21.4. The molecule has 2 unspecified atom stereocenters. The first kappa shape index (κ1) is 21.4. The number of benzene rings is 1. The molecule has 2 atom stereocenters. The number of amides is 1. The van der Waals surface area contributed by atoms with Crippen LogP contribution in [0.25, 0.3) is 0 Å². The molecule has 1 aliphatic carbocycles. The van der Waals surface area contributed by atoms with E-state index in [1.54, 1.807) is 5.38 Å². The summed E-state index contributed by atoms with van der Waals surface area (Å²) >= 11 is 1.25. The number of anilines is 2. The fraction of sp³-hybridized carbons (Fsp3) is 0.500. The summed E-state index contributed by atoms with van der Waals surface area (Å²) < 4.78 is 40.5. The van der Waals surface area contributed by atoms with Crippen molar-refractivity contribution < 1.29 is 22.7 Å². The molecule has 0 saturated heterocycles. The van der Waals surface area contributed by atoms with Crippen molar-refractivity contribution >= 4 is 28.1 Å². The second-order valence-corrected chi connectivity index (χ2v) is 9.18. The molecule has 1 aromatic carbocycles. The summed E-state index contributed by atoms with van der Waals surface area (Å²) in [5.41, 5.74) is 1.07. The summed E-state index contributed by atoms with van der Waals surface area (Å²) in [6, 6.07) is 5.45. The fourth-order valence-electron chi connectivity index (χ4n) is 4.01. The number of carbonyl (C=O) groups is 1. The van der Waals surface area contributed by atoms with E-state index < -0.39 is 6.36 Å². The highest BCUT2D eigenvalue weighted by molar-refractivity contribution is 7.14. The molecule has 5 nitrogen and oxygen atoms in total. The number of halogens is 3. The van der Waals surface area contributed by atoms with Crippen molar-refractivity contribution in [3.05, 3.63) is 35.3 Å². The zero-order chi connectivity index (χ0) is 21.2. The van der Waals surface area contributed by atoms with Gasteiger partial charge >= 0.3 is 6.36 Å². The summed E-state index contributed by atoms with van der Waals surface area (Å²) in [4.78, 5) is 16.8. The molecule has 1 amide bonds. The molecule has 158 valence electrons. The number of rotatable bonds is 5. The van der Waals surface area contributed by atoms with Crippen molar-refractivity contribution in [1.29, 1.82) is 0 Å². The van der Waals surface area contributed by atoms with Crippen molar-refractivity contribution in [1.82, 2.24) is 10.3 Å².